The van der Waals surface area contributed by atoms with Crippen LogP contribution in [0.5, 0.6) is 5.75 Å². The quantitative estimate of drug-likeness (QED) is 0.811. The van der Waals surface area contributed by atoms with Crippen molar-refractivity contribution in [2.45, 2.75) is 25.4 Å². The summed E-state index contributed by atoms with van der Waals surface area (Å²) in [6.45, 7) is 3.06. The highest BCUT2D eigenvalue weighted by molar-refractivity contribution is 9.10. The van der Waals surface area contributed by atoms with Crippen molar-refractivity contribution >= 4 is 21.8 Å². The number of primary amides is 1. The molecule has 0 unspecified atom stereocenters. The molecule has 6 heteroatoms. The van der Waals surface area contributed by atoms with Gasteiger partial charge in [-0.2, -0.15) is 0 Å². The van der Waals surface area contributed by atoms with Gasteiger partial charge in [-0.15, -0.1) is 0 Å². The average molecular weight is 356 g/mol. The third-order valence-corrected chi connectivity index (χ3v) is 4.40. The van der Waals surface area contributed by atoms with Gasteiger partial charge in [-0.05, 0) is 46.5 Å². The summed E-state index contributed by atoms with van der Waals surface area (Å²) < 4.78 is 6.20. The molecule has 0 spiro atoms. The van der Waals surface area contributed by atoms with Crippen molar-refractivity contribution in [2.24, 2.45) is 5.73 Å². The van der Waals surface area contributed by atoms with E-state index in [1.54, 1.807) is 7.11 Å². The highest BCUT2D eigenvalue weighted by Gasteiger charge is 2.19. The van der Waals surface area contributed by atoms with Gasteiger partial charge in [0.25, 0.3) is 0 Å². The van der Waals surface area contributed by atoms with Crippen LogP contribution in [-0.4, -0.2) is 43.6 Å². The fourth-order valence-electron chi connectivity index (χ4n) is 2.60. The maximum absolute atomic E-state index is 10.9. The van der Waals surface area contributed by atoms with Crippen LogP contribution in [0.1, 0.15) is 18.4 Å². The molecule has 1 aliphatic rings. The Hall–Kier alpha value is -1.11. The molecule has 0 atom stereocenters. The molecule has 1 saturated heterocycles. The minimum absolute atomic E-state index is 0.246. The second kappa shape index (κ2) is 7.77. The van der Waals surface area contributed by atoms with Crippen LogP contribution in [0.15, 0.2) is 22.7 Å². The van der Waals surface area contributed by atoms with Gasteiger partial charge in [-0.1, -0.05) is 6.07 Å². The molecule has 0 bridgehead atoms. The van der Waals surface area contributed by atoms with E-state index in [9.17, 15) is 4.79 Å². The smallest absolute Gasteiger partial charge is 0.231 e. The highest BCUT2D eigenvalue weighted by atomic mass is 79.9. The standard InChI is InChI=1S/C15H22BrN3O2/c1-21-14-3-2-11(8-13(14)16)9-18-12-4-6-19(7-5-12)10-15(17)20/h2-3,8,12,18H,4-7,9-10H2,1H3,(H2,17,20). The van der Waals surface area contributed by atoms with E-state index in [-0.39, 0.29) is 5.91 Å². The van der Waals surface area contributed by atoms with Crippen LogP contribution in [0, 0.1) is 0 Å². The summed E-state index contributed by atoms with van der Waals surface area (Å²) in [4.78, 5) is 13.0. The Morgan fingerprint density at radius 2 is 2.19 bits per heavy atom. The number of carbonyl (C=O) groups excluding carboxylic acids is 1. The van der Waals surface area contributed by atoms with Gasteiger partial charge in [0, 0.05) is 25.7 Å². The van der Waals surface area contributed by atoms with Gasteiger partial charge in [0.15, 0.2) is 0 Å². The van der Waals surface area contributed by atoms with Crippen molar-refractivity contribution in [1.82, 2.24) is 10.2 Å². The van der Waals surface area contributed by atoms with Gasteiger partial charge in [0.1, 0.15) is 5.75 Å². The number of hydrogen-bond donors (Lipinski definition) is 2. The minimum Gasteiger partial charge on any atom is -0.496 e. The van der Waals surface area contributed by atoms with Crippen molar-refractivity contribution in [3.05, 3.63) is 28.2 Å². The Morgan fingerprint density at radius 1 is 1.48 bits per heavy atom. The van der Waals surface area contributed by atoms with Crippen LogP contribution in [-0.2, 0) is 11.3 Å². The number of nitrogens with two attached hydrogens (primary N) is 1. The number of nitrogens with one attached hydrogen (secondary N) is 1. The Labute approximate surface area is 134 Å². The molecule has 1 aliphatic heterocycles. The van der Waals surface area contributed by atoms with Crippen LogP contribution in [0.3, 0.4) is 0 Å². The topological polar surface area (TPSA) is 67.6 Å². The molecular weight excluding hydrogens is 334 g/mol. The lowest BCUT2D eigenvalue weighted by atomic mass is 10.0. The largest absolute Gasteiger partial charge is 0.496 e. The zero-order chi connectivity index (χ0) is 15.2. The van der Waals surface area contributed by atoms with Gasteiger partial charge in [0.05, 0.1) is 18.1 Å². The lowest BCUT2D eigenvalue weighted by molar-refractivity contribution is -0.119. The third kappa shape index (κ3) is 4.98. The van der Waals surface area contributed by atoms with Gasteiger partial charge < -0.3 is 15.8 Å². The third-order valence-electron chi connectivity index (χ3n) is 3.78. The first-order valence-corrected chi connectivity index (χ1v) is 7.94. The summed E-state index contributed by atoms with van der Waals surface area (Å²) in [7, 11) is 1.66. The molecule has 0 saturated carbocycles. The molecule has 0 radical (unpaired) electrons. The lowest BCUT2D eigenvalue weighted by Crippen LogP contribution is -2.45. The van der Waals surface area contributed by atoms with E-state index in [1.807, 2.05) is 6.07 Å². The van der Waals surface area contributed by atoms with E-state index in [0.717, 1.165) is 42.7 Å². The zero-order valence-electron chi connectivity index (χ0n) is 12.3. The Morgan fingerprint density at radius 3 is 2.76 bits per heavy atom. The number of piperidine rings is 1. The predicted molar refractivity (Wildman–Crippen MR) is 86.2 cm³/mol. The van der Waals surface area contributed by atoms with Crippen molar-refractivity contribution in [3.8, 4) is 5.75 Å². The molecule has 1 heterocycles. The van der Waals surface area contributed by atoms with E-state index < -0.39 is 0 Å². The van der Waals surface area contributed by atoms with Crippen LogP contribution in [0.2, 0.25) is 0 Å². The molecule has 0 aromatic heterocycles. The molecule has 0 aliphatic carbocycles. The number of benzene rings is 1. The van der Waals surface area contributed by atoms with Gasteiger partial charge in [-0.25, -0.2) is 0 Å². The van der Waals surface area contributed by atoms with E-state index in [2.05, 4.69) is 38.3 Å². The second-order valence-corrected chi connectivity index (χ2v) is 6.22. The first-order chi connectivity index (χ1) is 10.1. The molecule has 1 aromatic rings. The van der Waals surface area contributed by atoms with Crippen molar-refractivity contribution in [2.75, 3.05) is 26.7 Å². The lowest BCUT2D eigenvalue weighted by Gasteiger charge is -2.31. The zero-order valence-corrected chi connectivity index (χ0v) is 13.9. The van der Waals surface area contributed by atoms with Gasteiger partial charge in [-0.3, -0.25) is 9.69 Å². The summed E-state index contributed by atoms with van der Waals surface area (Å²) in [5.41, 5.74) is 6.44. The summed E-state index contributed by atoms with van der Waals surface area (Å²) >= 11 is 3.50. The number of rotatable bonds is 6. The molecule has 21 heavy (non-hydrogen) atoms. The van der Waals surface area contributed by atoms with Crippen molar-refractivity contribution < 1.29 is 9.53 Å². The number of carbonyl (C=O) groups is 1. The van der Waals surface area contributed by atoms with Crippen LogP contribution in [0.4, 0.5) is 0 Å². The first kappa shape index (κ1) is 16.3. The molecule has 1 fully saturated rings. The maximum atomic E-state index is 10.9. The number of halogens is 1. The molecule has 2 rings (SSSR count). The van der Waals surface area contributed by atoms with Crippen molar-refractivity contribution in [3.63, 3.8) is 0 Å². The van der Waals surface area contributed by atoms with Gasteiger partial charge in [0.2, 0.25) is 5.91 Å². The fourth-order valence-corrected chi connectivity index (χ4v) is 3.19. The summed E-state index contributed by atoms with van der Waals surface area (Å²) in [6, 6.07) is 6.61. The number of methoxy groups -OCH3 is 1. The number of nitrogens with zero attached hydrogens (tertiary/aromatic N) is 1. The summed E-state index contributed by atoms with van der Waals surface area (Å²) in [5.74, 6) is 0.600. The maximum Gasteiger partial charge on any atom is 0.231 e. The van der Waals surface area contributed by atoms with E-state index in [4.69, 9.17) is 10.5 Å². The Balaban J connectivity index is 1.77. The molecular formula is C15H22BrN3O2. The van der Waals surface area contributed by atoms with E-state index in [0.29, 0.717) is 12.6 Å². The van der Waals surface area contributed by atoms with Crippen LogP contribution in [0.25, 0.3) is 0 Å². The first-order valence-electron chi connectivity index (χ1n) is 7.15. The Kier molecular flexibility index (Phi) is 6.02. The van der Waals surface area contributed by atoms with Crippen LogP contribution >= 0.6 is 15.9 Å². The molecule has 5 nitrogen and oxygen atoms in total. The van der Waals surface area contributed by atoms with Crippen molar-refractivity contribution in [1.29, 1.82) is 0 Å². The van der Waals surface area contributed by atoms with Crippen LogP contribution < -0.4 is 15.8 Å². The molecule has 3 N–H and O–H groups in total. The second-order valence-electron chi connectivity index (χ2n) is 5.37. The summed E-state index contributed by atoms with van der Waals surface area (Å²) in [6.07, 6.45) is 2.09. The Bertz CT molecular complexity index is 488. The number of hydrogen-bond acceptors (Lipinski definition) is 4. The fraction of sp³-hybridized carbons (Fsp3) is 0.533. The molecule has 116 valence electrons. The molecule has 1 aromatic carbocycles. The highest BCUT2D eigenvalue weighted by Crippen LogP contribution is 2.25. The SMILES string of the molecule is COc1ccc(CNC2CCN(CC(N)=O)CC2)cc1Br. The summed E-state index contributed by atoms with van der Waals surface area (Å²) in [5, 5.41) is 3.57. The van der Waals surface area contributed by atoms with Gasteiger partial charge >= 0.3 is 0 Å². The number of amides is 1. The predicted octanol–water partition coefficient (Wildman–Crippen LogP) is 1.50. The van der Waals surface area contributed by atoms with E-state index >= 15 is 0 Å². The number of likely N-dealkylation sites (tertiary alicyclic amines) is 1. The normalized spacial score (nSPS) is 16.9. The monoisotopic (exact) mass is 355 g/mol. The average Bonchev–Trinajstić information content (AvgIpc) is 2.46. The number of ether oxygens (including phenoxy) is 1. The van der Waals surface area contributed by atoms with E-state index in [1.165, 1.54) is 5.56 Å². The minimum atomic E-state index is -0.246. The molecule has 1 amide bonds.